The molecule has 2 aromatic rings. The molecule has 0 fully saturated rings. The number of hydrogen-bond donors (Lipinski definition) is 1. The molecule has 0 bridgehead atoms. The van der Waals surface area contributed by atoms with E-state index in [1.54, 1.807) is 4.90 Å². The quantitative estimate of drug-likeness (QED) is 0.658. The summed E-state index contributed by atoms with van der Waals surface area (Å²) in [6.45, 7) is 12.2. The zero-order valence-electron chi connectivity index (χ0n) is 21.7. The SMILES string of the molecule is COC(=O)C(NC(=O)c1nc(-c2ccccc2)n2c1CN(C(=O)OC(C)(C)C)CCC2)C(C)(C)C. The molecule has 1 aliphatic heterocycles. The number of hydrogen-bond acceptors (Lipinski definition) is 6. The van der Waals surface area contributed by atoms with Gasteiger partial charge < -0.3 is 24.3 Å². The van der Waals surface area contributed by atoms with Gasteiger partial charge in [-0.1, -0.05) is 51.1 Å². The maximum absolute atomic E-state index is 13.5. The van der Waals surface area contributed by atoms with E-state index in [0.29, 0.717) is 31.0 Å². The van der Waals surface area contributed by atoms with Gasteiger partial charge in [0.25, 0.3) is 5.91 Å². The smallest absolute Gasteiger partial charge is 0.410 e. The fourth-order valence-corrected chi connectivity index (χ4v) is 3.99. The highest BCUT2D eigenvalue weighted by Gasteiger charge is 2.36. The van der Waals surface area contributed by atoms with Crippen LogP contribution in [-0.2, 0) is 27.4 Å². The van der Waals surface area contributed by atoms with Crippen LogP contribution in [0.1, 0.15) is 64.1 Å². The van der Waals surface area contributed by atoms with Crippen LogP contribution in [0.25, 0.3) is 11.4 Å². The molecule has 35 heavy (non-hydrogen) atoms. The number of amides is 2. The van der Waals surface area contributed by atoms with E-state index in [9.17, 15) is 14.4 Å². The van der Waals surface area contributed by atoms with Gasteiger partial charge in [0.1, 0.15) is 17.5 Å². The molecule has 0 radical (unpaired) electrons. The molecule has 3 rings (SSSR count). The number of nitrogens with zero attached hydrogens (tertiary/aromatic N) is 3. The number of carbonyl (C=O) groups is 3. The third kappa shape index (κ3) is 6.21. The van der Waals surface area contributed by atoms with Crippen molar-refractivity contribution in [3.63, 3.8) is 0 Å². The van der Waals surface area contributed by atoms with Crippen molar-refractivity contribution in [3.8, 4) is 11.4 Å². The second-order valence-corrected chi connectivity index (χ2v) is 10.8. The van der Waals surface area contributed by atoms with E-state index >= 15 is 0 Å². The lowest BCUT2D eigenvalue weighted by molar-refractivity contribution is -0.145. The van der Waals surface area contributed by atoms with Gasteiger partial charge in [-0.05, 0) is 32.6 Å². The Morgan fingerprint density at radius 1 is 1.03 bits per heavy atom. The largest absolute Gasteiger partial charge is 0.467 e. The Morgan fingerprint density at radius 2 is 1.69 bits per heavy atom. The summed E-state index contributed by atoms with van der Waals surface area (Å²) >= 11 is 0. The monoisotopic (exact) mass is 484 g/mol. The van der Waals surface area contributed by atoms with Crippen molar-refractivity contribution in [3.05, 3.63) is 41.7 Å². The number of nitrogens with one attached hydrogen (secondary N) is 1. The molecule has 1 N–H and O–H groups in total. The molecule has 0 saturated carbocycles. The topological polar surface area (TPSA) is 103 Å². The number of esters is 1. The van der Waals surface area contributed by atoms with Crippen LogP contribution >= 0.6 is 0 Å². The number of methoxy groups -OCH3 is 1. The third-order valence-corrected chi connectivity index (χ3v) is 5.70. The van der Waals surface area contributed by atoms with E-state index in [1.165, 1.54) is 7.11 Å². The first kappa shape index (κ1) is 26.2. The minimum atomic E-state index is -0.870. The van der Waals surface area contributed by atoms with E-state index in [-0.39, 0.29) is 12.2 Å². The van der Waals surface area contributed by atoms with Gasteiger partial charge in [-0.25, -0.2) is 14.6 Å². The van der Waals surface area contributed by atoms with Gasteiger partial charge in [-0.15, -0.1) is 0 Å². The number of benzene rings is 1. The summed E-state index contributed by atoms with van der Waals surface area (Å²) in [6.07, 6.45) is 0.234. The van der Waals surface area contributed by atoms with Crippen LogP contribution in [0.3, 0.4) is 0 Å². The summed E-state index contributed by atoms with van der Waals surface area (Å²) in [5, 5.41) is 2.82. The van der Waals surface area contributed by atoms with Crippen molar-refractivity contribution < 1.29 is 23.9 Å². The highest BCUT2D eigenvalue weighted by molar-refractivity contribution is 5.97. The molecule has 1 aromatic heterocycles. The van der Waals surface area contributed by atoms with Crippen molar-refractivity contribution in [2.75, 3.05) is 13.7 Å². The lowest BCUT2D eigenvalue weighted by Crippen LogP contribution is -2.50. The number of fused-ring (bicyclic) bond motifs is 1. The van der Waals surface area contributed by atoms with Crippen molar-refractivity contribution in [1.29, 1.82) is 0 Å². The number of rotatable bonds is 4. The number of imidazole rings is 1. The molecule has 9 heteroatoms. The summed E-state index contributed by atoms with van der Waals surface area (Å²) < 4.78 is 12.5. The predicted molar refractivity (Wildman–Crippen MR) is 132 cm³/mol. The minimum Gasteiger partial charge on any atom is -0.467 e. The number of ether oxygens (including phenoxy) is 2. The first-order chi connectivity index (χ1) is 16.3. The van der Waals surface area contributed by atoms with Gasteiger partial charge in [-0.3, -0.25) is 4.79 Å². The van der Waals surface area contributed by atoms with Gasteiger partial charge >= 0.3 is 12.1 Å². The van der Waals surface area contributed by atoms with Gasteiger partial charge in [0.15, 0.2) is 5.69 Å². The molecule has 1 unspecified atom stereocenters. The Morgan fingerprint density at radius 3 is 2.26 bits per heavy atom. The Balaban J connectivity index is 2.05. The normalized spacial score (nSPS) is 15.0. The fraction of sp³-hybridized carbons (Fsp3) is 0.538. The standard InChI is InChI=1S/C26H36N4O5/c1-25(2,3)20(23(32)34-7)28-22(31)19-18-16-29(24(33)35-26(4,5)6)14-11-15-30(18)21(27-19)17-12-9-8-10-13-17/h8-10,12-13,20H,11,14-16H2,1-7H3,(H,28,31). The lowest BCUT2D eigenvalue weighted by Gasteiger charge is -2.29. The Hall–Kier alpha value is -3.36. The van der Waals surface area contributed by atoms with Crippen LogP contribution in [0, 0.1) is 5.41 Å². The highest BCUT2D eigenvalue weighted by Crippen LogP contribution is 2.28. The first-order valence-corrected chi connectivity index (χ1v) is 11.8. The lowest BCUT2D eigenvalue weighted by atomic mass is 9.86. The van der Waals surface area contributed by atoms with Gasteiger partial charge in [0.2, 0.25) is 0 Å². The second kappa shape index (κ2) is 10.1. The molecule has 1 aliphatic rings. The molecule has 1 aromatic carbocycles. The first-order valence-electron chi connectivity index (χ1n) is 11.8. The Bertz CT molecular complexity index is 1080. The summed E-state index contributed by atoms with van der Waals surface area (Å²) in [4.78, 5) is 45.2. The minimum absolute atomic E-state index is 0.163. The summed E-state index contributed by atoms with van der Waals surface area (Å²) in [5.41, 5.74) is 0.419. The zero-order valence-corrected chi connectivity index (χ0v) is 21.7. The van der Waals surface area contributed by atoms with E-state index in [4.69, 9.17) is 14.5 Å². The van der Waals surface area contributed by atoms with Crippen LogP contribution in [0.4, 0.5) is 4.79 Å². The molecule has 1 atom stereocenters. The molecule has 0 spiro atoms. The predicted octanol–water partition coefficient (Wildman–Crippen LogP) is 4.01. The molecule has 190 valence electrons. The molecule has 2 heterocycles. The number of carbonyl (C=O) groups excluding carboxylic acids is 3. The van der Waals surface area contributed by atoms with E-state index in [0.717, 1.165) is 5.56 Å². The Labute approximate surface area is 206 Å². The van der Waals surface area contributed by atoms with Crippen LogP contribution in [0.15, 0.2) is 30.3 Å². The van der Waals surface area contributed by atoms with E-state index < -0.39 is 35.0 Å². The zero-order chi connectivity index (χ0) is 26.0. The maximum atomic E-state index is 13.5. The second-order valence-electron chi connectivity index (χ2n) is 10.8. The van der Waals surface area contributed by atoms with Gasteiger partial charge in [0, 0.05) is 18.7 Å². The van der Waals surface area contributed by atoms with Crippen molar-refractivity contribution in [2.45, 2.75) is 72.7 Å². The van der Waals surface area contributed by atoms with Crippen molar-refractivity contribution >= 4 is 18.0 Å². The maximum Gasteiger partial charge on any atom is 0.410 e. The van der Waals surface area contributed by atoms with Gasteiger partial charge in [-0.2, -0.15) is 0 Å². The van der Waals surface area contributed by atoms with E-state index in [2.05, 4.69) is 5.32 Å². The molecular weight excluding hydrogens is 448 g/mol. The summed E-state index contributed by atoms with van der Waals surface area (Å²) in [5.74, 6) is -0.385. The van der Waals surface area contributed by atoms with Crippen LogP contribution in [0.2, 0.25) is 0 Å². The van der Waals surface area contributed by atoms with Crippen molar-refractivity contribution in [2.24, 2.45) is 5.41 Å². The summed E-state index contributed by atoms with van der Waals surface area (Å²) in [7, 11) is 1.29. The molecule has 0 saturated heterocycles. The Kier molecular flexibility index (Phi) is 7.57. The molecule has 0 aliphatic carbocycles. The van der Waals surface area contributed by atoms with E-state index in [1.807, 2.05) is 76.4 Å². The number of aromatic nitrogens is 2. The molecule has 2 amide bonds. The van der Waals surface area contributed by atoms with Crippen LogP contribution in [-0.4, -0.2) is 57.7 Å². The summed E-state index contributed by atoms with van der Waals surface area (Å²) in [6, 6.07) is 8.73. The fourth-order valence-electron chi connectivity index (χ4n) is 3.99. The average Bonchev–Trinajstić information content (AvgIpc) is 2.98. The average molecular weight is 485 g/mol. The van der Waals surface area contributed by atoms with Gasteiger partial charge in [0.05, 0.1) is 19.3 Å². The highest BCUT2D eigenvalue weighted by atomic mass is 16.6. The van der Waals surface area contributed by atoms with Crippen LogP contribution < -0.4 is 5.32 Å². The van der Waals surface area contributed by atoms with Crippen molar-refractivity contribution in [1.82, 2.24) is 19.8 Å². The molecule has 9 nitrogen and oxygen atoms in total. The third-order valence-electron chi connectivity index (χ3n) is 5.70. The van der Waals surface area contributed by atoms with Crippen LogP contribution in [0.5, 0.6) is 0 Å². The molecular formula is C26H36N4O5.